The number of nitrogens with zero attached hydrogens (tertiary/aromatic N) is 4. The highest BCUT2D eigenvalue weighted by Gasteiger charge is 2.59. The fourth-order valence-corrected chi connectivity index (χ4v) is 2.41. The summed E-state index contributed by atoms with van der Waals surface area (Å²) in [6, 6.07) is 0. The summed E-state index contributed by atoms with van der Waals surface area (Å²) in [5.74, 6) is -1.08. The van der Waals surface area contributed by atoms with E-state index >= 15 is 0 Å². The van der Waals surface area contributed by atoms with Crippen molar-refractivity contribution in [1.29, 1.82) is 0 Å². The molecule has 0 aromatic carbocycles. The topological polar surface area (TPSA) is 81.9 Å². The quantitative estimate of drug-likeness (QED) is 0.827. The Hall–Kier alpha value is -1.71. The molecule has 118 valence electrons. The normalized spacial score (nSPS) is 23.0. The summed E-state index contributed by atoms with van der Waals surface area (Å²) in [6.45, 7) is 1.51. The highest BCUT2D eigenvalue weighted by atomic mass is 19.4. The van der Waals surface area contributed by atoms with Crippen molar-refractivity contribution in [3.63, 3.8) is 0 Å². The minimum Gasteiger partial charge on any atom is -0.465 e. The lowest BCUT2D eigenvalue weighted by Crippen LogP contribution is -2.57. The second-order valence-corrected chi connectivity index (χ2v) is 4.75. The summed E-state index contributed by atoms with van der Waals surface area (Å²) in [4.78, 5) is 11.5. The first kappa shape index (κ1) is 15.7. The van der Waals surface area contributed by atoms with Crippen LogP contribution in [0.5, 0.6) is 0 Å². The summed E-state index contributed by atoms with van der Waals surface area (Å²) in [6.07, 6.45) is -3.68. The predicted molar refractivity (Wildman–Crippen MR) is 64.0 cm³/mol. The van der Waals surface area contributed by atoms with Crippen molar-refractivity contribution in [2.24, 2.45) is 0 Å². The van der Waals surface area contributed by atoms with Crippen molar-refractivity contribution in [3.05, 3.63) is 5.82 Å². The van der Waals surface area contributed by atoms with E-state index in [0.29, 0.717) is 12.8 Å². The lowest BCUT2D eigenvalue weighted by molar-refractivity contribution is -0.211. The van der Waals surface area contributed by atoms with Crippen LogP contribution < -0.4 is 5.32 Å². The molecule has 0 saturated carbocycles. The molecule has 7 nitrogen and oxygen atoms in total. The molecule has 1 fully saturated rings. The zero-order valence-electron chi connectivity index (χ0n) is 11.5. The van der Waals surface area contributed by atoms with Gasteiger partial charge in [-0.15, -0.1) is 5.10 Å². The number of alkyl halides is 3. The summed E-state index contributed by atoms with van der Waals surface area (Å²) in [5, 5.41) is 12.8. The zero-order chi connectivity index (χ0) is 15.5. The Morgan fingerprint density at radius 1 is 1.48 bits per heavy atom. The Kier molecular flexibility index (Phi) is 4.45. The summed E-state index contributed by atoms with van der Waals surface area (Å²) >= 11 is 0. The first-order valence-corrected chi connectivity index (χ1v) is 6.65. The van der Waals surface area contributed by atoms with Crippen LogP contribution in [0.1, 0.15) is 32.0 Å². The van der Waals surface area contributed by atoms with Crippen LogP contribution in [0, 0.1) is 0 Å². The van der Waals surface area contributed by atoms with Gasteiger partial charge in [0.25, 0.3) is 0 Å². The van der Waals surface area contributed by atoms with E-state index in [0.717, 1.165) is 4.68 Å². The lowest BCUT2D eigenvalue weighted by atomic mass is 9.87. The average molecular weight is 307 g/mol. The molecule has 1 aromatic rings. The van der Waals surface area contributed by atoms with E-state index in [1.165, 1.54) is 0 Å². The van der Waals surface area contributed by atoms with E-state index in [-0.39, 0.29) is 19.6 Å². The van der Waals surface area contributed by atoms with Gasteiger partial charge < -0.3 is 4.74 Å². The van der Waals surface area contributed by atoms with Gasteiger partial charge in [-0.05, 0) is 43.2 Å². The maximum Gasteiger partial charge on any atom is 0.413 e. The van der Waals surface area contributed by atoms with Gasteiger partial charge in [0.2, 0.25) is 0 Å². The highest BCUT2D eigenvalue weighted by molar-refractivity contribution is 5.69. The van der Waals surface area contributed by atoms with E-state index < -0.39 is 30.1 Å². The van der Waals surface area contributed by atoms with E-state index in [1.807, 2.05) is 0 Å². The first-order valence-electron chi connectivity index (χ1n) is 6.65. The molecule has 1 unspecified atom stereocenters. The van der Waals surface area contributed by atoms with Gasteiger partial charge >= 0.3 is 12.1 Å². The molecular weight excluding hydrogens is 291 g/mol. The monoisotopic (exact) mass is 307 g/mol. The molecule has 1 aromatic heterocycles. The molecule has 0 aliphatic carbocycles. The van der Waals surface area contributed by atoms with Crippen molar-refractivity contribution in [1.82, 2.24) is 25.5 Å². The van der Waals surface area contributed by atoms with Crippen molar-refractivity contribution in [2.45, 2.75) is 44.4 Å². The molecule has 1 aliphatic heterocycles. The number of carbonyl (C=O) groups is 1. The maximum atomic E-state index is 13.5. The number of piperidine rings is 1. The van der Waals surface area contributed by atoms with Crippen LogP contribution in [0.15, 0.2) is 0 Å². The van der Waals surface area contributed by atoms with E-state index in [1.54, 1.807) is 6.92 Å². The summed E-state index contributed by atoms with van der Waals surface area (Å²) < 4.78 is 46.2. The van der Waals surface area contributed by atoms with Crippen LogP contribution in [-0.4, -0.2) is 45.5 Å². The SMILES string of the molecule is CCOC(=O)Cn1nnnc1C1(C(F)(F)F)CCCCN1. The second kappa shape index (κ2) is 5.96. The van der Waals surface area contributed by atoms with Gasteiger partial charge in [-0.25, -0.2) is 4.68 Å². The Labute approximate surface area is 118 Å². The summed E-state index contributed by atoms with van der Waals surface area (Å²) in [7, 11) is 0. The molecule has 0 radical (unpaired) electrons. The van der Waals surface area contributed by atoms with Gasteiger partial charge in [-0.1, -0.05) is 0 Å². The number of halogens is 3. The molecule has 2 rings (SSSR count). The number of hydrogen-bond donors (Lipinski definition) is 1. The van der Waals surface area contributed by atoms with Crippen molar-refractivity contribution < 1.29 is 22.7 Å². The van der Waals surface area contributed by atoms with Gasteiger partial charge in [0, 0.05) is 0 Å². The number of nitrogens with one attached hydrogen (secondary N) is 1. The third kappa shape index (κ3) is 2.99. The van der Waals surface area contributed by atoms with E-state index in [2.05, 4.69) is 20.8 Å². The van der Waals surface area contributed by atoms with Gasteiger partial charge in [0.15, 0.2) is 11.4 Å². The number of hydrogen-bond acceptors (Lipinski definition) is 6. The van der Waals surface area contributed by atoms with Gasteiger partial charge in [-0.3, -0.25) is 10.1 Å². The Morgan fingerprint density at radius 2 is 2.24 bits per heavy atom. The zero-order valence-corrected chi connectivity index (χ0v) is 11.5. The Bertz CT molecular complexity index is 496. The number of aromatic nitrogens is 4. The fraction of sp³-hybridized carbons (Fsp3) is 0.818. The van der Waals surface area contributed by atoms with Crippen LogP contribution in [0.4, 0.5) is 13.2 Å². The molecule has 1 saturated heterocycles. The predicted octanol–water partition coefficient (Wildman–Crippen LogP) is 0.767. The standard InChI is InChI=1S/C11H16F3N5O2/c1-2-21-8(20)7-19-9(16-17-18-19)10(11(12,13)14)5-3-4-6-15-10/h15H,2-7H2,1H3. The molecule has 0 amide bonds. The number of carbonyl (C=O) groups excluding carboxylic acids is 1. The molecule has 0 bridgehead atoms. The molecule has 10 heteroatoms. The lowest BCUT2D eigenvalue weighted by Gasteiger charge is -2.38. The minimum absolute atomic E-state index is 0.138. The fourth-order valence-electron chi connectivity index (χ4n) is 2.41. The third-order valence-corrected chi connectivity index (χ3v) is 3.39. The third-order valence-electron chi connectivity index (χ3n) is 3.39. The van der Waals surface area contributed by atoms with Gasteiger partial charge in [0.1, 0.15) is 6.54 Å². The van der Waals surface area contributed by atoms with Crippen LogP contribution in [0.3, 0.4) is 0 Å². The van der Waals surface area contributed by atoms with Crippen molar-refractivity contribution in [3.8, 4) is 0 Å². The van der Waals surface area contributed by atoms with E-state index in [4.69, 9.17) is 4.74 Å². The summed E-state index contributed by atoms with van der Waals surface area (Å²) in [5.41, 5.74) is -2.32. The second-order valence-electron chi connectivity index (χ2n) is 4.75. The van der Waals surface area contributed by atoms with Gasteiger partial charge in [0.05, 0.1) is 6.61 Å². The first-order chi connectivity index (χ1) is 9.90. The average Bonchev–Trinajstić information content (AvgIpc) is 2.87. The number of rotatable bonds is 4. The number of ether oxygens (including phenoxy) is 1. The molecule has 1 atom stereocenters. The molecular formula is C11H16F3N5O2. The molecule has 1 N–H and O–H groups in total. The smallest absolute Gasteiger partial charge is 0.413 e. The Balaban J connectivity index is 2.34. The van der Waals surface area contributed by atoms with Gasteiger partial charge in [-0.2, -0.15) is 13.2 Å². The highest BCUT2D eigenvalue weighted by Crippen LogP contribution is 2.43. The number of esters is 1. The van der Waals surface area contributed by atoms with Crippen LogP contribution in [0.25, 0.3) is 0 Å². The maximum absolute atomic E-state index is 13.5. The van der Waals surface area contributed by atoms with E-state index in [9.17, 15) is 18.0 Å². The van der Waals surface area contributed by atoms with Crippen LogP contribution in [0.2, 0.25) is 0 Å². The Morgan fingerprint density at radius 3 is 2.81 bits per heavy atom. The molecule has 21 heavy (non-hydrogen) atoms. The van der Waals surface area contributed by atoms with Crippen LogP contribution in [-0.2, 0) is 21.6 Å². The molecule has 1 aliphatic rings. The molecule has 0 spiro atoms. The van der Waals surface area contributed by atoms with Crippen LogP contribution >= 0.6 is 0 Å². The van der Waals surface area contributed by atoms with Crippen molar-refractivity contribution in [2.75, 3.05) is 13.2 Å². The van der Waals surface area contributed by atoms with Crippen molar-refractivity contribution >= 4 is 5.97 Å². The molecule has 2 heterocycles. The largest absolute Gasteiger partial charge is 0.465 e. The number of tetrazole rings is 1. The minimum atomic E-state index is -4.56.